The van der Waals surface area contributed by atoms with E-state index in [-0.39, 0.29) is 0 Å². The van der Waals surface area contributed by atoms with Crippen molar-refractivity contribution in [2.45, 2.75) is 32.7 Å². The van der Waals surface area contributed by atoms with Crippen LogP contribution in [0.2, 0.25) is 0 Å². The number of nitrogens with one attached hydrogen (secondary N) is 3. The van der Waals surface area contributed by atoms with Crippen molar-refractivity contribution in [3.05, 3.63) is 65.2 Å². The van der Waals surface area contributed by atoms with Crippen LogP contribution in [0.1, 0.15) is 36.6 Å². The molecule has 0 aromatic heterocycles. The molecule has 134 valence electrons. The number of quaternary nitrogens is 1. The number of thiocarbonyl (C=S) groups is 1. The van der Waals surface area contributed by atoms with E-state index >= 15 is 0 Å². The van der Waals surface area contributed by atoms with Crippen LogP contribution in [0.4, 0.5) is 5.69 Å². The van der Waals surface area contributed by atoms with Gasteiger partial charge in [0, 0.05) is 11.3 Å². The predicted molar refractivity (Wildman–Crippen MR) is 111 cm³/mol. The molecule has 0 aliphatic heterocycles. The van der Waals surface area contributed by atoms with E-state index in [9.17, 15) is 0 Å². The third-order valence-electron chi connectivity index (χ3n) is 4.57. The van der Waals surface area contributed by atoms with Gasteiger partial charge in [-0.3, -0.25) is 0 Å². The zero-order valence-electron chi connectivity index (χ0n) is 15.7. The number of hydrogen-bond donors (Lipinski definition) is 3. The van der Waals surface area contributed by atoms with Gasteiger partial charge >= 0.3 is 0 Å². The van der Waals surface area contributed by atoms with E-state index in [1.165, 1.54) is 21.6 Å². The lowest BCUT2D eigenvalue weighted by molar-refractivity contribution is -0.890. The second-order valence-corrected chi connectivity index (χ2v) is 7.02. The first-order valence-electron chi connectivity index (χ1n) is 9.06. The molecule has 4 heteroatoms. The van der Waals surface area contributed by atoms with E-state index in [0.29, 0.717) is 11.2 Å². The van der Waals surface area contributed by atoms with Gasteiger partial charge in [0.15, 0.2) is 5.11 Å². The normalized spacial score (nSPS) is 12.0. The molecule has 0 unspecified atom stereocenters. The fourth-order valence-corrected chi connectivity index (χ4v) is 3.04. The van der Waals surface area contributed by atoms with Gasteiger partial charge in [-0.15, -0.1) is 0 Å². The summed E-state index contributed by atoms with van der Waals surface area (Å²) in [5.41, 5.74) is 5.06. The Bertz CT molecular complexity index is 663. The molecule has 0 bridgehead atoms. The summed E-state index contributed by atoms with van der Waals surface area (Å²) in [6, 6.07) is 17.7. The minimum Gasteiger partial charge on any atom is -0.356 e. The molecule has 0 aliphatic carbocycles. The van der Waals surface area contributed by atoms with Crippen LogP contribution in [0, 0.1) is 0 Å². The Labute approximate surface area is 157 Å². The van der Waals surface area contributed by atoms with Crippen LogP contribution in [0.3, 0.4) is 0 Å². The second-order valence-electron chi connectivity index (χ2n) is 6.61. The molecule has 3 nitrogen and oxygen atoms in total. The van der Waals surface area contributed by atoms with E-state index in [4.69, 9.17) is 12.2 Å². The van der Waals surface area contributed by atoms with Crippen LogP contribution >= 0.6 is 12.2 Å². The highest BCUT2D eigenvalue weighted by Gasteiger charge is 2.17. The Balaban J connectivity index is 1.93. The van der Waals surface area contributed by atoms with Crippen LogP contribution in [0.5, 0.6) is 0 Å². The molecule has 0 saturated carbocycles. The van der Waals surface area contributed by atoms with Crippen molar-refractivity contribution in [2.75, 3.05) is 26.0 Å². The first kappa shape index (κ1) is 19.4. The number of anilines is 1. The molecule has 0 saturated heterocycles. The van der Waals surface area contributed by atoms with Crippen LogP contribution < -0.4 is 15.5 Å². The average molecular weight is 357 g/mol. The lowest BCUT2D eigenvalue weighted by atomic mass is 10.0. The Morgan fingerprint density at radius 3 is 1.92 bits per heavy atom. The van der Waals surface area contributed by atoms with E-state index in [1.807, 2.05) is 0 Å². The Hall–Kier alpha value is -1.91. The highest BCUT2D eigenvalue weighted by atomic mass is 32.1. The van der Waals surface area contributed by atoms with E-state index in [0.717, 1.165) is 25.1 Å². The molecule has 0 heterocycles. The summed E-state index contributed by atoms with van der Waals surface area (Å²) in [7, 11) is 4.36. The molecule has 25 heavy (non-hydrogen) atoms. The van der Waals surface area contributed by atoms with Gasteiger partial charge in [0.25, 0.3) is 0 Å². The van der Waals surface area contributed by atoms with Crippen molar-refractivity contribution in [1.29, 1.82) is 0 Å². The van der Waals surface area contributed by atoms with Crippen molar-refractivity contribution < 1.29 is 4.90 Å². The van der Waals surface area contributed by atoms with Gasteiger partial charge in [-0.25, -0.2) is 0 Å². The highest BCUT2D eigenvalue weighted by molar-refractivity contribution is 7.80. The van der Waals surface area contributed by atoms with Crippen LogP contribution in [0.15, 0.2) is 48.5 Å². The zero-order chi connectivity index (χ0) is 18.2. The fraction of sp³-hybridized carbons (Fsp3) is 0.381. The summed E-state index contributed by atoms with van der Waals surface area (Å²) >= 11 is 5.46. The lowest BCUT2D eigenvalue weighted by Crippen LogP contribution is -3.07. The standard InChI is InChI=1S/C21H29N3S/c1-5-16-7-11-18(12-8-16)20(24(3)4)15-22-21(25)23-19-13-9-17(6-2)10-14-19/h7-14,20H,5-6,15H2,1-4H3,(H2,22,23,25)/p+1/t20-/m1/s1. The summed E-state index contributed by atoms with van der Waals surface area (Å²) in [5.74, 6) is 0. The van der Waals surface area contributed by atoms with Crippen LogP contribution in [0.25, 0.3) is 0 Å². The largest absolute Gasteiger partial charge is 0.356 e. The molecule has 2 aromatic carbocycles. The minimum absolute atomic E-state index is 0.355. The minimum atomic E-state index is 0.355. The molecule has 1 atom stereocenters. The maximum absolute atomic E-state index is 5.46. The van der Waals surface area contributed by atoms with Gasteiger partial charge in [-0.05, 0) is 48.3 Å². The number of rotatable bonds is 7. The Kier molecular flexibility index (Phi) is 7.41. The fourth-order valence-electron chi connectivity index (χ4n) is 2.83. The number of aryl methyl sites for hydroxylation is 2. The summed E-state index contributed by atoms with van der Waals surface area (Å²) in [5, 5.41) is 7.30. The topological polar surface area (TPSA) is 28.5 Å². The predicted octanol–water partition coefficient (Wildman–Crippen LogP) is 2.98. The monoisotopic (exact) mass is 356 g/mol. The molecule has 0 amide bonds. The van der Waals surface area contributed by atoms with E-state index in [1.54, 1.807) is 0 Å². The first-order valence-corrected chi connectivity index (χ1v) is 9.47. The zero-order valence-corrected chi connectivity index (χ0v) is 16.5. The number of hydrogen-bond acceptors (Lipinski definition) is 1. The third kappa shape index (κ3) is 5.83. The van der Waals surface area contributed by atoms with E-state index in [2.05, 4.69) is 87.1 Å². The molecule has 0 aliphatic rings. The summed E-state index contributed by atoms with van der Waals surface area (Å²) in [6.07, 6.45) is 2.12. The van der Waals surface area contributed by atoms with Crippen molar-refractivity contribution in [1.82, 2.24) is 5.32 Å². The summed E-state index contributed by atoms with van der Waals surface area (Å²) in [6.45, 7) is 5.14. The van der Waals surface area contributed by atoms with Crippen molar-refractivity contribution in [2.24, 2.45) is 0 Å². The van der Waals surface area contributed by atoms with Gasteiger partial charge in [-0.2, -0.15) is 0 Å². The molecular weight excluding hydrogens is 326 g/mol. The molecule has 2 rings (SSSR count). The SMILES string of the molecule is CCc1ccc(NC(=S)NC[C@H](c2ccc(CC)cc2)[NH+](C)C)cc1. The Morgan fingerprint density at radius 1 is 0.920 bits per heavy atom. The molecule has 0 spiro atoms. The van der Waals surface area contributed by atoms with Crippen LogP contribution in [-0.4, -0.2) is 25.8 Å². The quantitative estimate of drug-likeness (QED) is 0.666. The molecule has 0 fully saturated rings. The summed E-state index contributed by atoms with van der Waals surface area (Å²) in [4.78, 5) is 1.38. The van der Waals surface area contributed by atoms with Crippen LogP contribution in [-0.2, 0) is 12.8 Å². The number of likely N-dealkylation sites (N-methyl/N-ethyl adjacent to an activating group) is 1. The van der Waals surface area contributed by atoms with Gasteiger partial charge < -0.3 is 15.5 Å². The highest BCUT2D eigenvalue weighted by Crippen LogP contribution is 2.12. The average Bonchev–Trinajstić information content (AvgIpc) is 2.62. The van der Waals surface area contributed by atoms with Gasteiger partial charge in [0.2, 0.25) is 0 Å². The van der Waals surface area contributed by atoms with Gasteiger partial charge in [-0.1, -0.05) is 50.2 Å². The molecule has 0 radical (unpaired) electrons. The molecule has 2 aromatic rings. The first-order chi connectivity index (χ1) is 12.0. The summed E-state index contributed by atoms with van der Waals surface area (Å²) < 4.78 is 0. The smallest absolute Gasteiger partial charge is 0.171 e. The number of benzene rings is 2. The second kappa shape index (κ2) is 9.54. The lowest BCUT2D eigenvalue weighted by Gasteiger charge is -2.23. The van der Waals surface area contributed by atoms with Crippen molar-refractivity contribution in [3.8, 4) is 0 Å². The maximum atomic E-state index is 5.46. The molecular formula is C21H30N3S+. The van der Waals surface area contributed by atoms with Gasteiger partial charge in [0.05, 0.1) is 20.6 Å². The van der Waals surface area contributed by atoms with E-state index < -0.39 is 0 Å². The van der Waals surface area contributed by atoms with Crippen molar-refractivity contribution in [3.63, 3.8) is 0 Å². The Morgan fingerprint density at radius 2 is 1.44 bits per heavy atom. The third-order valence-corrected chi connectivity index (χ3v) is 4.82. The van der Waals surface area contributed by atoms with Gasteiger partial charge in [0.1, 0.15) is 6.04 Å². The van der Waals surface area contributed by atoms with Crippen molar-refractivity contribution >= 4 is 23.0 Å². The maximum Gasteiger partial charge on any atom is 0.171 e. The molecule has 3 N–H and O–H groups in total.